The van der Waals surface area contributed by atoms with Crippen LogP contribution in [0.4, 0.5) is 13.2 Å². The number of amides is 1. The predicted molar refractivity (Wildman–Crippen MR) is 104 cm³/mol. The summed E-state index contributed by atoms with van der Waals surface area (Å²) in [6.07, 6.45) is -4.01. The van der Waals surface area contributed by atoms with Crippen LogP contribution in [-0.4, -0.2) is 46.5 Å². The summed E-state index contributed by atoms with van der Waals surface area (Å²) in [5.41, 5.74) is -0.696. The Balaban J connectivity index is 1.65. The van der Waals surface area contributed by atoms with Crippen molar-refractivity contribution in [2.75, 3.05) is 26.2 Å². The van der Waals surface area contributed by atoms with Crippen LogP contribution in [0.5, 0.6) is 0 Å². The van der Waals surface area contributed by atoms with Gasteiger partial charge in [-0.15, -0.1) is 0 Å². The van der Waals surface area contributed by atoms with Crippen molar-refractivity contribution in [3.63, 3.8) is 0 Å². The van der Waals surface area contributed by atoms with Crippen LogP contribution >= 0.6 is 11.6 Å². The van der Waals surface area contributed by atoms with Crippen molar-refractivity contribution < 1.29 is 18.0 Å². The summed E-state index contributed by atoms with van der Waals surface area (Å²) in [5, 5.41) is -0.561. The number of rotatable bonds is 4. The van der Waals surface area contributed by atoms with Crippen LogP contribution < -0.4 is 5.56 Å². The van der Waals surface area contributed by atoms with E-state index in [4.69, 9.17) is 11.6 Å². The van der Waals surface area contributed by atoms with E-state index in [0.717, 1.165) is 4.57 Å². The van der Waals surface area contributed by atoms with Gasteiger partial charge in [0.05, 0.1) is 5.56 Å². The van der Waals surface area contributed by atoms with Crippen molar-refractivity contribution >= 4 is 17.5 Å². The number of benzene rings is 1. The quantitative estimate of drug-likeness (QED) is 0.751. The maximum absolute atomic E-state index is 13.0. The van der Waals surface area contributed by atoms with Gasteiger partial charge in [-0.25, -0.2) is 0 Å². The summed E-state index contributed by atoms with van der Waals surface area (Å²) in [6.45, 7) is 3.78. The number of carbonyl (C=O) groups excluding carboxylic acids is 1. The van der Waals surface area contributed by atoms with Gasteiger partial charge in [0.1, 0.15) is 11.6 Å². The molecule has 0 spiro atoms. The highest BCUT2D eigenvalue weighted by molar-refractivity contribution is 6.30. The zero-order valence-electron chi connectivity index (χ0n) is 15.8. The number of halogens is 4. The summed E-state index contributed by atoms with van der Waals surface area (Å²) < 4.78 is 39.6. The van der Waals surface area contributed by atoms with E-state index >= 15 is 0 Å². The van der Waals surface area contributed by atoms with E-state index in [1.54, 1.807) is 4.90 Å². The maximum atomic E-state index is 13.0. The van der Waals surface area contributed by atoms with Crippen LogP contribution in [0.3, 0.4) is 0 Å². The van der Waals surface area contributed by atoms with E-state index in [1.807, 2.05) is 30.3 Å². The van der Waals surface area contributed by atoms with Crippen molar-refractivity contribution in [1.29, 1.82) is 0 Å². The molecule has 1 amide bonds. The van der Waals surface area contributed by atoms with Crippen LogP contribution in [0, 0.1) is 0 Å². The minimum absolute atomic E-state index is 0.193. The molecule has 9 heteroatoms. The van der Waals surface area contributed by atoms with Gasteiger partial charge in [0.2, 0.25) is 5.91 Å². The Morgan fingerprint density at radius 1 is 1.14 bits per heavy atom. The largest absolute Gasteiger partial charge is 0.417 e. The van der Waals surface area contributed by atoms with Gasteiger partial charge >= 0.3 is 6.18 Å². The average molecular weight is 428 g/mol. The van der Waals surface area contributed by atoms with E-state index in [-0.39, 0.29) is 6.04 Å². The van der Waals surface area contributed by atoms with Crippen LogP contribution in [0.2, 0.25) is 5.02 Å². The van der Waals surface area contributed by atoms with Crippen LogP contribution in [0.1, 0.15) is 24.1 Å². The Bertz CT molecular complexity index is 923. The lowest BCUT2D eigenvalue weighted by atomic mass is 10.1. The zero-order valence-corrected chi connectivity index (χ0v) is 16.6. The number of hydrogen-bond donors (Lipinski definition) is 0. The molecule has 1 aromatic heterocycles. The second kappa shape index (κ2) is 8.59. The fourth-order valence-electron chi connectivity index (χ4n) is 3.42. The molecule has 2 aromatic rings. The molecule has 1 aliphatic rings. The first kappa shape index (κ1) is 21.4. The predicted octanol–water partition coefficient (Wildman–Crippen LogP) is 3.43. The molecule has 0 saturated carbocycles. The first-order chi connectivity index (χ1) is 13.7. The van der Waals surface area contributed by atoms with Gasteiger partial charge < -0.3 is 9.47 Å². The highest BCUT2D eigenvalue weighted by atomic mass is 35.5. The van der Waals surface area contributed by atoms with Crippen LogP contribution in [-0.2, 0) is 17.5 Å². The lowest BCUT2D eigenvalue weighted by molar-refractivity contribution is -0.139. The SMILES string of the molecule is CC(c1ccccc1)N1CCN(C(=O)Cn2cc(C(F)(F)F)cc(Cl)c2=O)CC1. The molecule has 0 aliphatic carbocycles. The van der Waals surface area contributed by atoms with Crippen molar-refractivity contribution in [3.05, 3.63) is 69.1 Å². The van der Waals surface area contributed by atoms with Crippen molar-refractivity contribution in [2.45, 2.75) is 25.7 Å². The molecule has 5 nitrogen and oxygen atoms in total. The summed E-state index contributed by atoms with van der Waals surface area (Å²) in [6, 6.07) is 10.8. The highest BCUT2D eigenvalue weighted by Crippen LogP contribution is 2.29. The third kappa shape index (κ3) is 5.00. The minimum Gasteiger partial charge on any atom is -0.339 e. The molecule has 1 aliphatic heterocycles. The van der Waals surface area contributed by atoms with Gasteiger partial charge in [0, 0.05) is 38.4 Å². The van der Waals surface area contributed by atoms with Crippen molar-refractivity contribution in [2.24, 2.45) is 0 Å². The van der Waals surface area contributed by atoms with Gasteiger partial charge in [0.25, 0.3) is 5.56 Å². The summed E-state index contributed by atoms with van der Waals surface area (Å²) in [4.78, 5) is 28.4. The summed E-state index contributed by atoms with van der Waals surface area (Å²) in [7, 11) is 0. The molecule has 156 valence electrons. The monoisotopic (exact) mass is 427 g/mol. The lowest BCUT2D eigenvalue weighted by Crippen LogP contribution is -2.50. The number of alkyl halides is 3. The maximum Gasteiger partial charge on any atom is 0.417 e. The lowest BCUT2D eigenvalue weighted by Gasteiger charge is -2.38. The Morgan fingerprint density at radius 3 is 2.34 bits per heavy atom. The molecule has 0 bridgehead atoms. The standard InChI is InChI=1S/C20H21ClF3N3O2/c1-14(15-5-3-2-4-6-15)25-7-9-26(10-8-25)18(28)13-27-12-16(20(22,23)24)11-17(21)19(27)29/h2-6,11-12,14H,7-10,13H2,1H3. The number of piperazine rings is 1. The Kier molecular flexibility index (Phi) is 6.33. The topological polar surface area (TPSA) is 45.5 Å². The van der Waals surface area contributed by atoms with Gasteiger partial charge in [-0.1, -0.05) is 41.9 Å². The molecule has 1 unspecified atom stereocenters. The first-order valence-corrected chi connectivity index (χ1v) is 9.58. The highest BCUT2D eigenvalue weighted by Gasteiger charge is 2.32. The fourth-order valence-corrected chi connectivity index (χ4v) is 3.64. The second-order valence-electron chi connectivity index (χ2n) is 7.01. The molecule has 1 aromatic carbocycles. The number of pyridine rings is 1. The molecule has 0 N–H and O–H groups in total. The number of aromatic nitrogens is 1. The van der Waals surface area contributed by atoms with Gasteiger partial charge in [-0.05, 0) is 18.6 Å². The molecule has 3 rings (SSSR count). The van der Waals surface area contributed by atoms with E-state index < -0.39 is 34.8 Å². The van der Waals surface area contributed by atoms with Gasteiger partial charge in [-0.3, -0.25) is 14.5 Å². The third-order valence-electron chi connectivity index (χ3n) is 5.17. The van der Waals surface area contributed by atoms with E-state index in [2.05, 4.69) is 11.8 Å². The van der Waals surface area contributed by atoms with Crippen LogP contribution in [0.15, 0.2) is 47.4 Å². The Hall–Kier alpha value is -2.32. The molecule has 1 atom stereocenters. The normalized spacial score (nSPS) is 16.7. The Morgan fingerprint density at radius 2 is 1.76 bits per heavy atom. The fraction of sp³-hybridized carbons (Fsp3) is 0.400. The molecular formula is C20H21ClF3N3O2. The molecular weight excluding hydrogens is 407 g/mol. The number of hydrogen-bond acceptors (Lipinski definition) is 3. The molecule has 29 heavy (non-hydrogen) atoms. The van der Waals surface area contributed by atoms with Crippen LogP contribution in [0.25, 0.3) is 0 Å². The Labute approximate surface area is 171 Å². The zero-order chi connectivity index (χ0) is 21.2. The smallest absolute Gasteiger partial charge is 0.339 e. The average Bonchev–Trinajstić information content (AvgIpc) is 2.70. The molecule has 1 saturated heterocycles. The minimum atomic E-state index is -4.65. The van der Waals surface area contributed by atoms with Gasteiger partial charge in [0.15, 0.2) is 0 Å². The van der Waals surface area contributed by atoms with Crippen molar-refractivity contribution in [3.8, 4) is 0 Å². The molecule has 2 heterocycles. The second-order valence-corrected chi connectivity index (χ2v) is 7.42. The summed E-state index contributed by atoms with van der Waals surface area (Å²) in [5.74, 6) is -0.408. The van der Waals surface area contributed by atoms with E-state index in [1.165, 1.54) is 5.56 Å². The first-order valence-electron chi connectivity index (χ1n) is 9.21. The number of carbonyl (C=O) groups is 1. The van der Waals surface area contributed by atoms with Gasteiger partial charge in [-0.2, -0.15) is 13.2 Å². The van der Waals surface area contributed by atoms with E-state index in [0.29, 0.717) is 38.4 Å². The third-order valence-corrected chi connectivity index (χ3v) is 5.44. The van der Waals surface area contributed by atoms with E-state index in [9.17, 15) is 22.8 Å². The number of nitrogens with zero attached hydrogens (tertiary/aromatic N) is 3. The van der Waals surface area contributed by atoms with Crippen molar-refractivity contribution in [1.82, 2.24) is 14.4 Å². The molecule has 1 fully saturated rings. The molecule has 0 radical (unpaired) electrons. The summed E-state index contributed by atoms with van der Waals surface area (Å²) >= 11 is 5.64.